The van der Waals surface area contributed by atoms with Gasteiger partial charge in [-0.2, -0.15) is 0 Å². The number of carbonyl (C=O) groups excluding carboxylic acids is 2. The number of aromatic carboxylic acids is 1. The summed E-state index contributed by atoms with van der Waals surface area (Å²) in [5.74, 6) is -0.812. The summed E-state index contributed by atoms with van der Waals surface area (Å²) in [5, 5.41) is 14.1. The predicted molar refractivity (Wildman–Crippen MR) is 82.1 cm³/mol. The highest BCUT2D eigenvalue weighted by molar-refractivity contribution is 6.05. The molecule has 1 aromatic carbocycles. The topological polar surface area (TPSA) is 69.2 Å². The van der Waals surface area contributed by atoms with Crippen molar-refractivity contribution in [1.29, 1.82) is 0 Å². The van der Waals surface area contributed by atoms with Crippen molar-refractivity contribution in [2.24, 2.45) is 16.7 Å². The van der Waals surface area contributed by atoms with Crippen LogP contribution in [0.5, 0.6) is 0 Å². The molecule has 0 radical (unpaired) electrons. The number of nitrogens with one attached hydrogen (secondary N) is 1. The largest absolute Gasteiger partial charge is 0.545 e. The number of ketones is 1. The van der Waals surface area contributed by atoms with Crippen molar-refractivity contribution in [1.82, 2.24) is 0 Å². The van der Waals surface area contributed by atoms with Crippen molar-refractivity contribution >= 4 is 17.4 Å². The number of allylic oxidation sites excluding steroid dienone is 1. The van der Waals surface area contributed by atoms with Crippen molar-refractivity contribution in [3.05, 3.63) is 41.6 Å². The fraction of sp³-hybridized carbons (Fsp3) is 0.444. The number of hydrogen-bond acceptors (Lipinski definition) is 4. The molecule has 3 rings (SSSR count). The van der Waals surface area contributed by atoms with Gasteiger partial charge in [0.25, 0.3) is 0 Å². The van der Waals surface area contributed by atoms with Gasteiger partial charge in [0, 0.05) is 28.4 Å². The molecule has 1 N–H and O–H groups in total. The van der Waals surface area contributed by atoms with Gasteiger partial charge in [-0.1, -0.05) is 39.0 Å². The molecule has 2 aliphatic carbocycles. The van der Waals surface area contributed by atoms with Crippen LogP contribution in [0.25, 0.3) is 0 Å². The molecule has 2 saturated carbocycles. The summed E-state index contributed by atoms with van der Waals surface area (Å²) < 4.78 is 0. The quantitative estimate of drug-likeness (QED) is 0.870. The van der Waals surface area contributed by atoms with Gasteiger partial charge in [-0.05, 0) is 30.2 Å². The van der Waals surface area contributed by atoms with Gasteiger partial charge in [0.2, 0.25) is 0 Å². The van der Waals surface area contributed by atoms with E-state index in [1.807, 2.05) is 6.92 Å². The second-order valence-electron chi connectivity index (χ2n) is 7.05. The number of fused-ring (bicyclic) bond motifs is 2. The van der Waals surface area contributed by atoms with Gasteiger partial charge in [-0.15, -0.1) is 0 Å². The number of carbonyl (C=O) groups is 2. The highest BCUT2D eigenvalue weighted by Gasteiger charge is 2.63. The zero-order valence-electron chi connectivity index (χ0n) is 13.1. The fourth-order valence-corrected chi connectivity index (χ4v) is 4.04. The van der Waals surface area contributed by atoms with Crippen molar-refractivity contribution in [3.8, 4) is 0 Å². The second kappa shape index (κ2) is 4.70. The number of para-hydroxylation sites is 1. The molecule has 2 aliphatic rings. The van der Waals surface area contributed by atoms with E-state index in [-0.39, 0.29) is 28.1 Å². The van der Waals surface area contributed by atoms with Crippen LogP contribution >= 0.6 is 0 Å². The maximum absolute atomic E-state index is 12.7. The Morgan fingerprint density at radius 1 is 1.32 bits per heavy atom. The first-order valence-electron chi connectivity index (χ1n) is 7.61. The molecule has 116 valence electrons. The van der Waals surface area contributed by atoms with Gasteiger partial charge >= 0.3 is 0 Å². The summed E-state index contributed by atoms with van der Waals surface area (Å²) in [6.07, 6.45) is 3.63. The molecule has 0 aromatic heterocycles. The molecule has 4 nitrogen and oxygen atoms in total. The van der Waals surface area contributed by atoms with Crippen molar-refractivity contribution in [3.63, 3.8) is 0 Å². The number of carboxylic acids is 1. The van der Waals surface area contributed by atoms with Crippen LogP contribution in [0.1, 0.15) is 44.0 Å². The third-order valence-corrected chi connectivity index (χ3v) is 5.90. The smallest absolute Gasteiger partial charge is 0.167 e. The van der Waals surface area contributed by atoms with E-state index in [4.69, 9.17) is 0 Å². The lowest BCUT2D eigenvalue weighted by molar-refractivity contribution is -0.254. The molecule has 0 spiro atoms. The summed E-state index contributed by atoms with van der Waals surface area (Å²) >= 11 is 0. The van der Waals surface area contributed by atoms with Crippen LogP contribution < -0.4 is 10.4 Å². The van der Waals surface area contributed by atoms with Crippen LogP contribution in [0.4, 0.5) is 5.69 Å². The van der Waals surface area contributed by atoms with Gasteiger partial charge in [0.1, 0.15) is 0 Å². The minimum absolute atomic E-state index is 0.0501. The monoisotopic (exact) mass is 298 g/mol. The maximum Gasteiger partial charge on any atom is 0.167 e. The number of benzene rings is 1. The Kier molecular flexibility index (Phi) is 3.17. The molecule has 2 fully saturated rings. The van der Waals surface area contributed by atoms with E-state index in [0.717, 1.165) is 18.4 Å². The summed E-state index contributed by atoms with van der Waals surface area (Å²) in [4.78, 5) is 23.8. The third-order valence-electron chi connectivity index (χ3n) is 5.90. The average Bonchev–Trinajstić information content (AvgIpc) is 2.78. The molecule has 0 heterocycles. The number of Topliss-reactive ketones (excluding diaryl/α,β-unsaturated/α-hetero) is 1. The van der Waals surface area contributed by atoms with Crippen LogP contribution in [-0.4, -0.2) is 11.8 Å². The Hall–Kier alpha value is -2.10. The lowest BCUT2D eigenvalue weighted by Gasteiger charge is -2.31. The number of anilines is 1. The summed E-state index contributed by atoms with van der Waals surface area (Å²) in [7, 11) is 0. The molecule has 0 saturated heterocycles. The summed E-state index contributed by atoms with van der Waals surface area (Å²) in [6, 6.07) is 6.56. The van der Waals surface area contributed by atoms with Crippen LogP contribution in [0.2, 0.25) is 0 Å². The minimum Gasteiger partial charge on any atom is -0.545 e. The SMILES string of the molecule is CC1(C)[C@H]2CC[C@]1(C)C(=O)/C2=C/Nc1ccccc1C(=O)[O-]. The molecular formula is C18H20NO3-. The Bertz CT molecular complexity index is 689. The molecule has 0 amide bonds. The van der Waals surface area contributed by atoms with E-state index in [1.54, 1.807) is 24.4 Å². The fourth-order valence-electron chi connectivity index (χ4n) is 4.04. The summed E-state index contributed by atoms with van der Waals surface area (Å²) in [5.41, 5.74) is 0.978. The van der Waals surface area contributed by atoms with Crippen molar-refractivity contribution in [2.45, 2.75) is 33.6 Å². The Morgan fingerprint density at radius 2 is 2.00 bits per heavy atom. The Labute approximate surface area is 130 Å². The zero-order chi connectivity index (χ0) is 16.1. The van der Waals surface area contributed by atoms with Crippen LogP contribution in [0.15, 0.2) is 36.0 Å². The number of rotatable bonds is 3. The lowest BCUT2D eigenvalue weighted by Crippen LogP contribution is -2.32. The molecule has 2 atom stereocenters. The van der Waals surface area contributed by atoms with Crippen LogP contribution in [-0.2, 0) is 4.79 Å². The number of hydrogen-bond donors (Lipinski definition) is 1. The molecule has 2 bridgehead atoms. The molecule has 0 unspecified atom stereocenters. The first kappa shape index (κ1) is 14.8. The van der Waals surface area contributed by atoms with E-state index in [0.29, 0.717) is 5.69 Å². The highest BCUT2D eigenvalue weighted by Crippen LogP contribution is 2.65. The first-order valence-corrected chi connectivity index (χ1v) is 7.61. The molecular weight excluding hydrogens is 278 g/mol. The normalized spacial score (nSPS) is 30.8. The third kappa shape index (κ3) is 1.83. The van der Waals surface area contributed by atoms with Crippen LogP contribution in [0, 0.1) is 16.7 Å². The molecule has 22 heavy (non-hydrogen) atoms. The highest BCUT2D eigenvalue weighted by atomic mass is 16.4. The Morgan fingerprint density at radius 3 is 2.59 bits per heavy atom. The second-order valence-corrected chi connectivity index (χ2v) is 7.05. The Balaban J connectivity index is 1.93. The van der Waals surface area contributed by atoms with Crippen molar-refractivity contribution in [2.75, 3.05) is 5.32 Å². The predicted octanol–water partition coefficient (Wildman–Crippen LogP) is 2.37. The van der Waals surface area contributed by atoms with Gasteiger partial charge in [-0.25, -0.2) is 0 Å². The van der Waals surface area contributed by atoms with E-state index >= 15 is 0 Å². The lowest BCUT2D eigenvalue weighted by atomic mass is 9.70. The average molecular weight is 298 g/mol. The standard InChI is InChI=1S/C18H21NO3/c1-17(2)13-8-9-18(17,3)15(20)12(13)10-19-14-7-5-4-6-11(14)16(21)22/h4-7,10,13,19H,8-9H2,1-3H3,(H,21,22)/p-1/b12-10+/t13-,18+/m0/s1. The van der Waals surface area contributed by atoms with Crippen LogP contribution in [0.3, 0.4) is 0 Å². The van der Waals surface area contributed by atoms with E-state index in [9.17, 15) is 14.7 Å². The molecule has 1 aromatic rings. The molecule has 4 heteroatoms. The van der Waals surface area contributed by atoms with E-state index < -0.39 is 5.97 Å². The van der Waals surface area contributed by atoms with E-state index in [2.05, 4.69) is 19.2 Å². The first-order chi connectivity index (χ1) is 10.3. The van der Waals surface area contributed by atoms with Gasteiger partial charge < -0.3 is 15.2 Å². The van der Waals surface area contributed by atoms with E-state index in [1.165, 1.54) is 6.07 Å². The zero-order valence-corrected chi connectivity index (χ0v) is 13.1. The van der Waals surface area contributed by atoms with Gasteiger partial charge in [0.15, 0.2) is 5.78 Å². The minimum atomic E-state index is -1.23. The van der Waals surface area contributed by atoms with Crippen molar-refractivity contribution < 1.29 is 14.7 Å². The summed E-state index contributed by atoms with van der Waals surface area (Å²) in [6.45, 7) is 6.35. The van der Waals surface area contributed by atoms with Gasteiger partial charge in [-0.3, -0.25) is 4.79 Å². The molecule has 0 aliphatic heterocycles. The maximum atomic E-state index is 12.7. The number of carboxylic acid groups (broad SMARTS) is 1. The van der Waals surface area contributed by atoms with Gasteiger partial charge in [0.05, 0.1) is 5.97 Å².